The number of pyridine rings is 1. The van der Waals surface area contributed by atoms with Crippen LogP contribution in [-0.4, -0.2) is 44.6 Å². The summed E-state index contributed by atoms with van der Waals surface area (Å²) in [6.45, 7) is 2.80. The predicted octanol–water partition coefficient (Wildman–Crippen LogP) is 1.88. The van der Waals surface area contributed by atoms with Gasteiger partial charge in [0.1, 0.15) is 5.69 Å². The zero-order valence-electron chi connectivity index (χ0n) is 11.4. The van der Waals surface area contributed by atoms with Crippen molar-refractivity contribution < 1.29 is 9.53 Å². The third-order valence-electron chi connectivity index (χ3n) is 2.72. The molecule has 0 spiro atoms. The van der Waals surface area contributed by atoms with E-state index in [2.05, 4.69) is 22.2 Å². The summed E-state index contributed by atoms with van der Waals surface area (Å²) in [6.07, 6.45) is 3.35. The van der Waals surface area contributed by atoms with Gasteiger partial charge in [0.2, 0.25) is 0 Å². The van der Waals surface area contributed by atoms with Crippen LogP contribution in [0.15, 0.2) is 24.5 Å². The fourth-order valence-electron chi connectivity index (χ4n) is 1.79. The number of esters is 1. The third kappa shape index (κ3) is 3.16. The number of aryl methyl sites for hydroxylation is 1. The van der Waals surface area contributed by atoms with Crippen molar-refractivity contribution in [3.8, 4) is 11.3 Å². The lowest BCUT2D eigenvalue weighted by Gasteiger charge is -2.07. The van der Waals surface area contributed by atoms with Crippen molar-refractivity contribution in [1.29, 1.82) is 0 Å². The number of nitrogens with zero attached hydrogens (tertiary/aromatic N) is 4. The molecule has 2 aromatic rings. The van der Waals surface area contributed by atoms with Gasteiger partial charge in [-0.25, -0.2) is 9.48 Å². The van der Waals surface area contributed by atoms with Crippen LogP contribution < -0.4 is 0 Å². The summed E-state index contributed by atoms with van der Waals surface area (Å²) in [7, 11) is 1.34. The van der Waals surface area contributed by atoms with Gasteiger partial charge in [-0.1, -0.05) is 12.1 Å². The normalized spacial score (nSPS) is 10.5. The van der Waals surface area contributed by atoms with Crippen molar-refractivity contribution in [1.82, 2.24) is 20.0 Å². The third-order valence-corrected chi connectivity index (χ3v) is 3.60. The van der Waals surface area contributed by atoms with Crippen molar-refractivity contribution >= 4 is 17.7 Å². The highest BCUT2D eigenvalue weighted by Gasteiger charge is 2.21. The summed E-state index contributed by atoms with van der Waals surface area (Å²) in [5.41, 5.74) is 1.77. The molecule has 2 aromatic heterocycles. The van der Waals surface area contributed by atoms with Crippen LogP contribution in [0.25, 0.3) is 11.3 Å². The molecule has 0 atom stereocenters. The number of hydrogen-bond donors (Lipinski definition) is 0. The molecule has 0 aromatic carbocycles. The van der Waals surface area contributed by atoms with Crippen molar-refractivity contribution in [2.45, 2.75) is 13.5 Å². The van der Waals surface area contributed by atoms with Crippen molar-refractivity contribution in [2.24, 2.45) is 0 Å². The Morgan fingerprint density at radius 2 is 2.15 bits per heavy atom. The van der Waals surface area contributed by atoms with Gasteiger partial charge >= 0.3 is 5.97 Å². The van der Waals surface area contributed by atoms with Crippen LogP contribution in [0.1, 0.15) is 17.4 Å². The van der Waals surface area contributed by atoms with E-state index < -0.39 is 5.97 Å². The average molecular weight is 292 g/mol. The van der Waals surface area contributed by atoms with Crippen LogP contribution in [0, 0.1) is 0 Å². The second-order valence-corrected chi connectivity index (χ2v) is 5.33. The van der Waals surface area contributed by atoms with E-state index in [0.29, 0.717) is 12.2 Å². The van der Waals surface area contributed by atoms with Crippen molar-refractivity contribution in [3.63, 3.8) is 0 Å². The lowest BCUT2D eigenvalue weighted by molar-refractivity contribution is 0.0595. The molecule has 0 aliphatic rings. The zero-order valence-corrected chi connectivity index (χ0v) is 12.3. The lowest BCUT2D eigenvalue weighted by atomic mass is 10.1. The first kappa shape index (κ1) is 14.5. The number of ether oxygens (including phenoxy) is 1. The Bertz CT molecular complexity index is 571. The molecule has 0 N–H and O–H groups in total. The van der Waals surface area contributed by atoms with E-state index >= 15 is 0 Å². The van der Waals surface area contributed by atoms with E-state index in [0.717, 1.165) is 17.1 Å². The molecular formula is C13H16N4O2S. The molecule has 0 saturated carbocycles. The standard InChI is InChI=1S/C13H16N4O2S/c1-3-20-9-8-17-12(10-4-6-14-7-5-10)11(15-16-17)13(18)19-2/h4-7H,3,8-9H2,1-2H3. The summed E-state index contributed by atoms with van der Waals surface area (Å²) in [6, 6.07) is 3.66. The Labute approximate surface area is 121 Å². The van der Waals surface area contributed by atoms with Crippen LogP contribution in [0.2, 0.25) is 0 Å². The number of aromatic nitrogens is 4. The molecule has 0 unspecified atom stereocenters. The molecule has 2 rings (SSSR count). The molecule has 0 bridgehead atoms. The lowest BCUT2D eigenvalue weighted by Crippen LogP contribution is -2.08. The fraction of sp³-hybridized carbons (Fsp3) is 0.385. The molecule has 106 valence electrons. The van der Waals surface area contributed by atoms with E-state index in [-0.39, 0.29) is 5.69 Å². The minimum atomic E-state index is -0.480. The first-order valence-corrected chi connectivity index (χ1v) is 7.43. The summed E-state index contributed by atoms with van der Waals surface area (Å²) in [5, 5.41) is 8.02. The van der Waals surface area contributed by atoms with Crippen LogP contribution in [0.3, 0.4) is 0 Å². The maximum absolute atomic E-state index is 11.8. The molecule has 20 heavy (non-hydrogen) atoms. The van der Waals surface area contributed by atoms with E-state index in [1.165, 1.54) is 7.11 Å². The van der Waals surface area contributed by atoms with Crippen LogP contribution in [-0.2, 0) is 11.3 Å². The monoisotopic (exact) mass is 292 g/mol. The van der Waals surface area contributed by atoms with E-state index in [1.54, 1.807) is 17.1 Å². The molecule has 0 amide bonds. The van der Waals surface area contributed by atoms with Gasteiger partial charge in [-0.15, -0.1) is 5.10 Å². The second-order valence-electron chi connectivity index (χ2n) is 3.93. The molecule has 6 nitrogen and oxygen atoms in total. The van der Waals surface area contributed by atoms with Crippen molar-refractivity contribution in [3.05, 3.63) is 30.2 Å². The van der Waals surface area contributed by atoms with Gasteiger partial charge < -0.3 is 4.74 Å². The molecule has 0 aliphatic heterocycles. The van der Waals surface area contributed by atoms with Crippen LogP contribution in [0.4, 0.5) is 0 Å². The Hall–Kier alpha value is -1.89. The van der Waals surface area contributed by atoms with E-state index in [9.17, 15) is 4.79 Å². The first-order chi connectivity index (χ1) is 9.77. The van der Waals surface area contributed by atoms with Gasteiger partial charge in [-0.2, -0.15) is 11.8 Å². The van der Waals surface area contributed by atoms with Crippen LogP contribution in [0.5, 0.6) is 0 Å². The van der Waals surface area contributed by atoms with Crippen molar-refractivity contribution in [2.75, 3.05) is 18.6 Å². The smallest absolute Gasteiger partial charge is 0.360 e. The summed E-state index contributed by atoms with van der Waals surface area (Å²) < 4.78 is 6.50. The molecular weight excluding hydrogens is 276 g/mol. The maximum Gasteiger partial charge on any atom is 0.360 e. The number of thioether (sulfide) groups is 1. The Kier molecular flexibility index (Phi) is 5.11. The summed E-state index contributed by atoms with van der Waals surface area (Å²) in [5.74, 6) is 1.48. The van der Waals surface area contributed by atoms with Crippen LogP contribution >= 0.6 is 11.8 Å². The fourth-order valence-corrected chi connectivity index (χ4v) is 2.39. The number of carbonyl (C=O) groups excluding carboxylic acids is 1. The van der Waals surface area contributed by atoms with Gasteiger partial charge in [0.15, 0.2) is 5.69 Å². The highest BCUT2D eigenvalue weighted by molar-refractivity contribution is 7.99. The Balaban J connectivity index is 2.38. The topological polar surface area (TPSA) is 69.9 Å². The zero-order chi connectivity index (χ0) is 14.4. The second kappa shape index (κ2) is 7.04. The van der Waals surface area contributed by atoms with E-state index in [1.807, 2.05) is 23.9 Å². The highest BCUT2D eigenvalue weighted by Crippen LogP contribution is 2.22. The van der Waals surface area contributed by atoms with E-state index in [4.69, 9.17) is 4.74 Å². The number of methoxy groups -OCH3 is 1. The molecule has 0 fully saturated rings. The summed E-state index contributed by atoms with van der Waals surface area (Å²) >= 11 is 1.81. The highest BCUT2D eigenvalue weighted by atomic mass is 32.2. The van der Waals surface area contributed by atoms with Gasteiger partial charge in [0.25, 0.3) is 0 Å². The first-order valence-electron chi connectivity index (χ1n) is 6.27. The molecule has 7 heteroatoms. The number of hydrogen-bond acceptors (Lipinski definition) is 6. The quantitative estimate of drug-likeness (QED) is 0.598. The summed E-state index contributed by atoms with van der Waals surface area (Å²) in [4.78, 5) is 15.8. The predicted molar refractivity (Wildman–Crippen MR) is 77.6 cm³/mol. The van der Waals surface area contributed by atoms with Gasteiger partial charge in [-0.05, 0) is 17.9 Å². The number of rotatable bonds is 6. The Morgan fingerprint density at radius 3 is 2.80 bits per heavy atom. The average Bonchev–Trinajstić information content (AvgIpc) is 2.91. The minimum Gasteiger partial charge on any atom is -0.464 e. The van der Waals surface area contributed by atoms with Gasteiger partial charge in [-0.3, -0.25) is 4.98 Å². The Morgan fingerprint density at radius 1 is 1.40 bits per heavy atom. The number of carbonyl (C=O) groups is 1. The van der Waals surface area contributed by atoms with Gasteiger partial charge in [0, 0.05) is 23.7 Å². The largest absolute Gasteiger partial charge is 0.464 e. The minimum absolute atomic E-state index is 0.236. The van der Waals surface area contributed by atoms with Gasteiger partial charge in [0.05, 0.1) is 13.7 Å². The maximum atomic E-state index is 11.8. The molecule has 0 radical (unpaired) electrons. The molecule has 2 heterocycles. The molecule has 0 saturated heterocycles. The SMILES string of the molecule is CCSCCn1nnc(C(=O)OC)c1-c1ccncc1. The molecule has 0 aliphatic carbocycles.